The fourth-order valence-corrected chi connectivity index (χ4v) is 2.31. The fraction of sp³-hybridized carbons (Fsp3) is 1.00. The Hall–Kier alpha value is 1.70. The number of rotatable bonds is 3. The van der Waals surface area contributed by atoms with E-state index < -0.39 is 0 Å². The molecule has 0 heterocycles. The van der Waals surface area contributed by atoms with Crippen molar-refractivity contribution < 1.29 is 51.4 Å². The molecule has 61 valence electrons. The van der Waals surface area contributed by atoms with Crippen LogP contribution in [-0.2, 0) is 0 Å². The minimum absolute atomic E-state index is 0. The van der Waals surface area contributed by atoms with E-state index in [2.05, 4.69) is 41.5 Å². The largest absolute Gasteiger partial charge is 1.00 e. The zero-order chi connectivity index (χ0) is 8.31. The molecule has 0 saturated heterocycles. The summed E-state index contributed by atoms with van der Waals surface area (Å²) >= 11 is 0. The van der Waals surface area contributed by atoms with Gasteiger partial charge in [0.05, 0.1) is 0 Å². The molecule has 0 aromatic carbocycles. The van der Waals surface area contributed by atoms with Crippen LogP contribution in [0.15, 0.2) is 0 Å². The van der Waals surface area contributed by atoms with Crippen molar-refractivity contribution in [1.29, 1.82) is 0 Å². The van der Waals surface area contributed by atoms with E-state index >= 15 is 0 Å². The third kappa shape index (κ3) is 5.87. The average Bonchev–Trinajstić information content (AvgIpc) is 1.59. The molecule has 0 fully saturated rings. The molecular weight excluding hydrogens is 158 g/mol. The van der Waals surface area contributed by atoms with Gasteiger partial charge in [-0.1, -0.05) is 41.5 Å². The van der Waals surface area contributed by atoms with E-state index in [0.717, 1.165) is 24.2 Å². The Bertz CT molecular complexity index is 70.5. The molecule has 0 saturated carbocycles. The maximum atomic E-state index is 2.32. The van der Waals surface area contributed by atoms with Crippen molar-refractivity contribution in [3.63, 3.8) is 0 Å². The first-order valence-electron chi connectivity index (χ1n) is 4.46. The van der Waals surface area contributed by atoms with Crippen LogP contribution in [0.5, 0.6) is 0 Å². The molecule has 0 N–H and O–H groups in total. The zero-order valence-corrected chi connectivity index (χ0v) is 12.4. The van der Waals surface area contributed by atoms with Gasteiger partial charge in [0.1, 0.15) is 0 Å². The van der Waals surface area contributed by atoms with Gasteiger partial charge < -0.3 is 0 Å². The van der Waals surface area contributed by atoms with Crippen LogP contribution < -0.4 is 51.4 Å². The quantitative estimate of drug-likeness (QED) is 0.560. The smallest absolute Gasteiger partial charge is 0.202 e. The second-order valence-electron chi connectivity index (χ2n) is 4.31. The molecule has 0 spiro atoms. The monoisotopic (exact) mass is 179 g/mol. The summed E-state index contributed by atoms with van der Waals surface area (Å²) in [6.07, 6.45) is 0. The Balaban J connectivity index is 0. The van der Waals surface area contributed by atoms with E-state index in [0.29, 0.717) is 0 Å². The minimum atomic E-state index is 0. The van der Waals surface area contributed by atoms with Crippen molar-refractivity contribution in [2.24, 2.45) is 0 Å². The molecule has 0 aliphatic rings. The molecule has 0 atom stereocenters. The summed E-state index contributed by atoms with van der Waals surface area (Å²) < 4.78 is 0. The molecule has 0 bridgehead atoms. The molecule has 0 aliphatic heterocycles. The molecule has 0 aromatic heterocycles. The minimum Gasteiger partial charge on any atom is -0.202 e. The van der Waals surface area contributed by atoms with Gasteiger partial charge >= 0.3 is 51.4 Å². The second-order valence-corrected chi connectivity index (χ2v) is 4.31. The van der Waals surface area contributed by atoms with E-state index in [4.69, 9.17) is 0 Å². The maximum absolute atomic E-state index is 2.32. The van der Waals surface area contributed by atoms with Gasteiger partial charge in [-0.3, -0.25) is 0 Å². The van der Waals surface area contributed by atoms with Crippen LogP contribution in [-0.4, -0.2) is 6.71 Å². The summed E-state index contributed by atoms with van der Waals surface area (Å²) in [4.78, 5) is 0. The van der Waals surface area contributed by atoms with Crippen LogP contribution in [0.3, 0.4) is 0 Å². The summed E-state index contributed by atoms with van der Waals surface area (Å²) in [7, 11) is 0. The van der Waals surface area contributed by atoms with E-state index in [9.17, 15) is 0 Å². The number of hydrogen-bond acceptors (Lipinski definition) is 0. The topological polar surface area (TPSA) is 0 Å². The van der Waals surface area contributed by atoms with Crippen molar-refractivity contribution in [2.75, 3.05) is 0 Å². The van der Waals surface area contributed by atoms with E-state index in [-0.39, 0.29) is 51.4 Å². The third-order valence-corrected chi connectivity index (χ3v) is 2.31. The SMILES string of the molecule is CC(C)[B-](C(C)C)C(C)C.[K+]. The average molecular weight is 179 g/mol. The van der Waals surface area contributed by atoms with Gasteiger partial charge in [-0.2, -0.15) is 0 Å². The van der Waals surface area contributed by atoms with Crippen LogP contribution in [0.2, 0.25) is 17.5 Å². The molecule has 2 heteroatoms. The van der Waals surface area contributed by atoms with Crippen LogP contribution in [0.4, 0.5) is 0 Å². The number of hydrogen-bond donors (Lipinski definition) is 0. The van der Waals surface area contributed by atoms with Gasteiger partial charge in [0.2, 0.25) is 0 Å². The van der Waals surface area contributed by atoms with Crippen LogP contribution >= 0.6 is 0 Å². The Morgan fingerprint density at radius 1 is 0.636 bits per heavy atom. The van der Waals surface area contributed by atoms with Gasteiger partial charge in [0.25, 0.3) is 0 Å². The third-order valence-electron chi connectivity index (χ3n) is 2.31. The molecular formula is C9H21BK. The predicted molar refractivity (Wildman–Crippen MR) is 51.0 cm³/mol. The zero-order valence-electron chi connectivity index (χ0n) is 9.31. The molecule has 0 amide bonds. The van der Waals surface area contributed by atoms with Crippen molar-refractivity contribution in [1.82, 2.24) is 0 Å². The Morgan fingerprint density at radius 3 is 0.818 bits per heavy atom. The Morgan fingerprint density at radius 2 is 0.818 bits per heavy atom. The summed E-state index contributed by atoms with van der Waals surface area (Å²) in [5, 5.41) is 0. The van der Waals surface area contributed by atoms with Gasteiger partial charge in [0.15, 0.2) is 0 Å². The van der Waals surface area contributed by atoms with Gasteiger partial charge in [-0.15, -0.1) is 6.71 Å². The molecule has 0 unspecified atom stereocenters. The molecule has 1 radical (unpaired) electrons. The molecule has 0 aromatic rings. The van der Waals surface area contributed by atoms with Crippen molar-refractivity contribution in [3.05, 3.63) is 0 Å². The molecule has 0 aliphatic carbocycles. The van der Waals surface area contributed by atoms with E-state index in [1.165, 1.54) is 0 Å². The Labute approximate surface area is 115 Å². The van der Waals surface area contributed by atoms with Gasteiger partial charge in [-0.05, 0) is 0 Å². The first-order valence-corrected chi connectivity index (χ1v) is 4.46. The van der Waals surface area contributed by atoms with Crippen molar-refractivity contribution >= 4 is 6.71 Å². The van der Waals surface area contributed by atoms with Crippen LogP contribution in [0, 0.1) is 0 Å². The van der Waals surface area contributed by atoms with Crippen molar-refractivity contribution in [3.8, 4) is 0 Å². The molecule has 0 nitrogen and oxygen atoms in total. The fourth-order valence-electron chi connectivity index (χ4n) is 2.31. The van der Waals surface area contributed by atoms with Crippen LogP contribution in [0.25, 0.3) is 0 Å². The first kappa shape index (κ1) is 15.2. The van der Waals surface area contributed by atoms with E-state index in [1.807, 2.05) is 0 Å². The standard InChI is InChI=1S/C9H21B.K/c1-7(2)10(8(3)4)9(5)6;/h7-9H,1-6H3;/q-1;+1. The maximum Gasteiger partial charge on any atom is 1.00 e. The van der Waals surface area contributed by atoms with Crippen LogP contribution in [0.1, 0.15) is 41.5 Å². The second kappa shape index (κ2) is 7.14. The summed E-state index contributed by atoms with van der Waals surface area (Å²) in [6.45, 7) is 14.8. The summed E-state index contributed by atoms with van der Waals surface area (Å²) in [6, 6.07) is 0. The Kier molecular flexibility index (Phi) is 9.85. The van der Waals surface area contributed by atoms with Gasteiger partial charge in [0, 0.05) is 0 Å². The van der Waals surface area contributed by atoms with Gasteiger partial charge in [-0.25, -0.2) is 17.5 Å². The molecule has 11 heavy (non-hydrogen) atoms. The predicted octanol–water partition coefficient (Wildman–Crippen LogP) is 0.715. The van der Waals surface area contributed by atoms with E-state index in [1.54, 1.807) is 0 Å². The normalized spacial score (nSPS) is 11.5. The summed E-state index contributed by atoms with van der Waals surface area (Å²) in [5.74, 6) is 2.50. The van der Waals surface area contributed by atoms with Crippen molar-refractivity contribution in [2.45, 2.75) is 59.0 Å². The molecule has 0 rings (SSSR count). The first-order chi connectivity index (χ1) is 4.46. The summed E-state index contributed by atoms with van der Waals surface area (Å²) in [5.41, 5.74) is 0.